The van der Waals surface area contributed by atoms with E-state index in [0.29, 0.717) is 35.8 Å². The number of imide groups is 1. The summed E-state index contributed by atoms with van der Waals surface area (Å²) in [5.74, 6) is -0.782. The van der Waals surface area contributed by atoms with Crippen molar-refractivity contribution in [2.45, 2.75) is 40.2 Å². The number of carboxylic acid groups (broad SMARTS) is 1. The van der Waals surface area contributed by atoms with E-state index in [4.69, 9.17) is 9.47 Å². The van der Waals surface area contributed by atoms with Gasteiger partial charge < -0.3 is 19.5 Å². The van der Waals surface area contributed by atoms with E-state index < -0.39 is 18.0 Å². The molecule has 35 heavy (non-hydrogen) atoms. The molecule has 2 aromatic carbocycles. The maximum absolute atomic E-state index is 13.1. The second-order valence-corrected chi connectivity index (χ2v) is 8.69. The first-order valence-corrected chi connectivity index (χ1v) is 12.4. The minimum Gasteiger partial charge on any atom is -0.490 e. The van der Waals surface area contributed by atoms with Gasteiger partial charge in [-0.25, -0.2) is 9.69 Å². The van der Waals surface area contributed by atoms with Crippen molar-refractivity contribution in [1.82, 2.24) is 0 Å². The van der Waals surface area contributed by atoms with Crippen LogP contribution in [0.4, 0.5) is 16.2 Å². The molecular formula is C26H30N2O6S. The molecule has 1 heterocycles. The number of anilines is 2. The molecule has 0 saturated carbocycles. The summed E-state index contributed by atoms with van der Waals surface area (Å²) in [6, 6.07) is 12.3. The number of rotatable bonds is 11. The molecule has 186 valence electrons. The van der Waals surface area contributed by atoms with Gasteiger partial charge >= 0.3 is 5.97 Å². The van der Waals surface area contributed by atoms with E-state index in [2.05, 4.69) is 18.7 Å². The van der Waals surface area contributed by atoms with Crippen LogP contribution in [0.5, 0.6) is 11.5 Å². The van der Waals surface area contributed by atoms with E-state index in [1.165, 1.54) is 4.90 Å². The van der Waals surface area contributed by atoms with Crippen LogP contribution in [0.2, 0.25) is 0 Å². The van der Waals surface area contributed by atoms with Crippen LogP contribution in [-0.2, 0) is 9.59 Å². The van der Waals surface area contributed by atoms with Crippen LogP contribution in [0, 0.1) is 0 Å². The first-order valence-electron chi connectivity index (χ1n) is 11.6. The Kier molecular flexibility index (Phi) is 8.81. The first kappa shape index (κ1) is 26.2. The third kappa shape index (κ3) is 5.97. The number of amides is 2. The molecule has 1 saturated heterocycles. The van der Waals surface area contributed by atoms with Crippen LogP contribution in [-0.4, -0.2) is 48.0 Å². The van der Waals surface area contributed by atoms with Crippen LogP contribution in [0.3, 0.4) is 0 Å². The molecule has 1 N–H and O–H groups in total. The molecular weight excluding hydrogens is 468 g/mol. The smallest absolute Gasteiger partial charge is 0.344 e. The third-order valence-electron chi connectivity index (χ3n) is 5.51. The van der Waals surface area contributed by atoms with E-state index in [-0.39, 0.29) is 10.1 Å². The van der Waals surface area contributed by atoms with Crippen LogP contribution in [0.1, 0.15) is 39.7 Å². The summed E-state index contributed by atoms with van der Waals surface area (Å²) in [7, 11) is 0. The van der Waals surface area contributed by atoms with Crippen molar-refractivity contribution in [3.8, 4) is 11.5 Å². The molecule has 0 spiro atoms. The Balaban J connectivity index is 1.84. The van der Waals surface area contributed by atoms with Crippen LogP contribution >= 0.6 is 11.8 Å². The highest BCUT2D eigenvalue weighted by molar-refractivity contribution is 8.19. The maximum atomic E-state index is 13.1. The van der Waals surface area contributed by atoms with E-state index >= 15 is 0 Å². The molecule has 8 nitrogen and oxygen atoms in total. The summed E-state index contributed by atoms with van der Waals surface area (Å²) < 4.78 is 11.2. The van der Waals surface area contributed by atoms with Gasteiger partial charge in [0.25, 0.3) is 11.1 Å². The number of aliphatic carboxylic acids is 1. The Labute approximate surface area is 209 Å². The average Bonchev–Trinajstić information content (AvgIpc) is 3.12. The highest BCUT2D eigenvalue weighted by Gasteiger charge is 2.36. The van der Waals surface area contributed by atoms with Crippen molar-refractivity contribution in [2.24, 2.45) is 0 Å². The summed E-state index contributed by atoms with van der Waals surface area (Å²) in [6.45, 7) is 9.75. The van der Waals surface area contributed by atoms with Gasteiger partial charge in [-0.2, -0.15) is 0 Å². The largest absolute Gasteiger partial charge is 0.490 e. The summed E-state index contributed by atoms with van der Waals surface area (Å²) >= 11 is 0.871. The zero-order chi connectivity index (χ0) is 25.5. The van der Waals surface area contributed by atoms with Gasteiger partial charge in [-0.3, -0.25) is 9.59 Å². The van der Waals surface area contributed by atoms with Gasteiger partial charge in [0, 0.05) is 18.8 Å². The fraction of sp³-hybridized carbons (Fsp3) is 0.346. The molecule has 0 aromatic heterocycles. The number of ether oxygens (including phenoxy) is 2. The Morgan fingerprint density at radius 2 is 1.74 bits per heavy atom. The normalized spacial score (nSPS) is 15.4. The molecule has 0 bridgehead atoms. The van der Waals surface area contributed by atoms with E-state index in [9.17, 15) is 19.5 Å². The number of carbonyl (C=O) groups excluding carboxylic acids is 2. The number of hydrogen-bond donors (Lipinski definition) is 1. The topological polar surface area (TPSA) is 96.4 Å². The van der Waals surface area contributed by atoms with Crippen LogP contribution in [0.15, 0.2) is 47.4 Å². The standard InChI is InChI=1S/C26H30N2O6S/c1-5-20(25(30)31)34-21-14-9-17(15-22(21)33-8-4)16-23-24(29)28(26(32)35-23)19-12-10-18(11-13-19)27(6-2)7-3/h9-16,20H,5-8H2,1-4H3,(H,30,31)/b23-16+. The highest BCUT2D eigenvalue weighted by atomic mass is 32.2. The van der Waals surface area contributed by atoms with Gasteiger partial charge in [0.2, 0.25) is 0 Å². The molecule has 1 aliphatic heterocycles. The quantitative estimate of drug-likeness (QED) is 0.411. The molecule has 0 aliphatic carbocycles. The maximum Gasteiger partial charge on any atom is 0.344 e. The summed E-state index contributed by atoms with van der Waals surface area (Å²) in [6.07, 6.45) is 0.923. The molecule has 1 fully saturated rings. The van der Waals surface area contributed by atoms with E-state index in [1.54, 1.807) is 43.3 Å². The molecule has 2 amide bonds. The van der Waals surface area contributed by atoms with Crippen LogP contribution < -0.4 is 19.3 Å². The van der Waals surface area contributed by atoms with E-state index in [1.807, 2.05) is 19.1 Å². The first-order chi connectivity index (χ1) is 16.8. The van der Waals surface area contributed by atoms with Crippen molar-refractivity contribution < 1.29 is 29.0 Å². The molecule has 2 aromatic rings. The van der Waals surface area contributed by atoms with Crippen molar-refractivity contribution in [3.05, 3.63) is 52.9 Å². The van der Waals surface area contributed by atoms with Gasteiger partial charge in [-0.15, -0.1) is 0 Å². The van der Waals surface area contributed by atoms with E-state index in [0.717, 1.165) is 30.5 Å². The molecule has 1 aliphatic rings. The number of carbonyl (C=O) groups is 3. The lowest BCUT2D eigenvalue weighted by Gasteiger charge is -2.22. The Morgan fingerprint density at radius 3 is 2.31 bits per heavy atom. The average molecular weight is 499 g/mol. The Hall–Kier alpha value is -3.46. The summed E-state index contributed by atoms with van der Waals surface area (Å²) in [5, 5.41) is 8.92. The second kappa shape index (κ2) is 11.8. The van der Waals surface area contributed by atoms with Gasteiger partial charge in [0.15, 0.2) is 17.6 Å². The fourth-order valence-corrected chi connectivity index (χ4v) is 4.53. The number of benzene rings is 2. The van der Waals surface area contributed by atoms with Crippen molar-refractivity contribution in [1.29, 1.82) is 0 Å². The molecule has 0 radical (unpaired) electrons. The lowest BCUT2D eigenvalue weighted by molar-refractivity contribution is -0.145. The predicted octanol–water partition coefficient (Wildman–Crippen LogP) is 5.41. The van der Waals surface area contributed by atoms with Crippen LogP contribution in [0.25, 0.3) is 6.08 Å². The predicted molar refractivity (Wildman–Crippen MR) is 138 cm³/mol. The van der Waals surface area contributed by atoms with Crippen molar-refractivity contribution >= 4 is 46.3 Å². The highest BCUT2D eigenvalue weighted by Crippen LogP contribution is 2.37. The number of carboxylic acids is 1. The Morgan fingerprint density at radius 1 is 1.06 bits per heavy atom. The molecule has 1 atom stereocenters. The van der Waals surface area contributed by atoms with Crippen molar-refractivity contribution in [3.63, 3.8) is 0 Å². The minimum atomic E-state index is -1.06. The third-order valence-corrected chi connectivity index (χ3v) is 6.38. The number of thioether (sulfide) groups is 1. The van der Waals surface area contributed by atoms with Gasteiger partial charge in [0.1, 0.15) is 0 Å². The Bertz CT molecular complexity index is 1110. The molecule has 3 rings (SSSR count). The second-order valence-electron chi connectivity index (χ2n) is 7.70. The van der Waals surface area contributed by atoms with Gasteiger partial charge in [-0.1, -0.05) is 13.0 Å². The molecule has 9 heteroatoms. The number of hydrogen-bond acceptors (Lipinski definition) is 7. The zero-order valence-corrected chi connectivity index (χ0v) is 21.1. The fourth-order valence-electron chi connectivity index (χ4n) is 3.68. The number of nitrogens with zero attached hydrogens (tertiary/aromatic N) is 2. The van der Waals surface area contributed by atoms with Gasteiger partial charge in [0.05, 0.1) is 17.2 Å². The summed E-state index contributed by atoms with van der Waals surface area (Å²) in [4.78, 5) is 40.7. The monoisotopic (exact) mass is 498 g/mol. The lowest BCUT2D eigenvalue weighted by Crippen LogP contribution is -2.28. The summed E-state index contributed by atoms with van der Waals surface area (Å²) in [5.41, 5.74) is 2.18. The zero-order valence-electron chi connectivity index (χ0n) is 20.3. The van der Waals surface area contributed by atoms with Gasteiger partial charge in [-0.05, 0) is 87.0 Å². The SMILES string of the molecule is CCOc1cc(/C=C2/SC(=O)N(c3ccc(N(CC)CC)cc3)C2=O)ccc1OC(CC)C(=O)O. The molecule has 1 unspecified atom stereocenters. The lowest BCUT2D eigenvalue weighted by atomic mass is 10.1. The minimum absolute atomic E-state index is 0.288. The van der Waals surface area contributed by atoms with Crippen molar-refractivity contribution in [2.75, 3.05) is 29.5 Å².